The largest absolute Gasteiger partial charge is 0.493 e. The summed E-state index contributed by atoms with van der Waals surface area (Å²) in [6.07, 6.45) is 2.67. The molecule has 5 heteroatoms. The van der Waals surface area contributed by atoms with E-state index >= 15 is 0 Å². The smallest absolute Gasteiger partial charge is 0.213 e. The van der Waals surface area contributed by atoms with E-state index < -0.39 is 0 Å². The fourth-order valence-electron chi connectivity index (χ4n) is 3.23. The number of rotatable bonds is 4. The van der Waals surface area contributed by atoms with Crippen LogP contribution >= 0.6 is 0 Å². The molecule has 4 rings (SSSR count). The van der Waals surface area contributed by atoms with Gasteiger partial charge in [0.15, 0.2) is 11.5 Å². The zero-order chi connectivity index (χ0) is 17.4. The number of para-hydroxylation sites is 1. The molecule has 2 aromatic carbocycles. The molecule has 2 aliphatic heterocycles. The monoisotopic (exact) mass is 337 g/mol. The summed E-state index contributed by atoms with van der Waals surface area (Å²) in [4.78, 5) is 4.74. The Balaban J connectivity index is 1.72. The van der Waals surface area contributed by atoms with Crippen LogP contribution in [0.5, 0.6) is 23.0 Å². The van der Waals surface area contributed by atoms with Crippen molar-refractivity contribution in [2.24, 2.45) is 4.99 Å². The molecule has 0 saturated heterocycles. The second kappa shape index (κ2) is 6.16. The quantitative estimate of drug-likeness (QED) is 0.858. The van der Waals surface area contributed by atoms with Gasteiger partial charge in [0.25, 0.3) is 0 Å². The molecule has 2 heterocycles. The molecule has 0 aliphatic carbocycles. The zero-order valence-electron chi connectivity index (χ0n) is 14.4. The van der Waals surface area contributed by atoms with Gasteiger partial charge in [0.1, 0.15) is 5.75 Å². The van der Waals surface area contributed by atoms with Gasteiger partial charge >= 0.3 is 0 Å². The zero-order valence-corrected chi connectivity index (χ0v) is 14.4. The first-order valence-electron chi connectivity index (χ1n) is 8.06. The lowest BCUT2D eigenvalue weighted by molar-refractivity contribution is 0.234. The Bertz CT molecular complexity index is 860. The molecule has 0 bridgehead atoms. The van der Waals surface area contributed by atoms with E-state index in [-0.39, 0.29) is 6.23 Å². The van der Waals surface area contributed by atoms with Crippen molar-refractivity contribution >= 4 is 5.71 Å². The summed E-state index contributed by atoms with van der Waals surface area (Å²) in [5.41, 5.74) is 4.10. The minimum absolute atomic E-state index is 0.260. The fourth-order valence-corrected chi connectivity index (χ4v) is 3.23. The molecule has 2 aliphatic rings. The van der Waals surface area contributed by atoms with E-state index in [1.165, 1.54) is 5.56 Å². The highest BCUT2D eigenvalue weighted by atomic mass is 16.5. The van der Waals surface area contributed by atoms with Crippen LogP contribution in [0, 0.1) is 0 Å². The molecule has 0 amide bonds. The first-order valence-corrected chi connectivity index (χ1v) is 8.06. The summed E-state index contributed by atoms with van der Waals surface area (Å²) in [6, 6.07) is 11.9. The van der Waals surface area contributed by atoms with Gasteiger partial charge in [-0.3, -0.25) is 0 Å². The molecule has 0 spiro atoms. The topological polar surface area (TPSA) is 49.3 Å². The molecule has 128 valence electrons. The first-order chi connectivity index (χ1) is 12.2. The Hall–Kier alpha value is -2.95. The van der Waals surface area contributed by atoms with Crippen LogP contribution in [-0.4, -0.2) is 33.3 Å². The Morgan fingerprint density at radius 3 is 2.40 bits per heavy atom. The Kier molecular flexibility index (Phi) is 3.84. The highest BCUT2D eigenvalue weighted by Crippen LogP contribution is 2.40. The van der Waals surface area contributed by atoms with E-state index in [1.807, 2.05) is 30.3 Å². The van der Waals surface area contributed by atoms with Crippen LogP contribution in [-0.2, 0) is 6.42 Å². The van der Waals surface area contributed by atoms with Gasteiger partial charge in [0.05, 0.1) is 27.0 Å². The number of allylic oxidation sites excluding steroid dienone is 1. The van der Waals surface area contributed by atoms with E-state index in [9.17, 15) is 0 Å². The third-order valence-electron chi connectivity index (χ3n) is 4.46. The van der Waals surface area contributed by atoms with Crippen molar-refractivity contribution in [1.29, 1.82) is 0 Å². The maximum Gasteiger partial charge on any atom is 0.213 e. The average Bonchev–Trinajstić information content (AvgIpc) is 3.07. The number of nitrogens with zero attached hydrogens (tertiary/aromatic N) is 1. The molecule has 1 unspecified atom stereocenters. The van der Waals surface area contributed by atoms with E-state index in [0.29, 0.717) is 17.2 Å². The summed E-state index contributed by atoms with van der Waals surface area (Å²) in [5.74, 6) is 2.69. The number of hydrogen-bond donors (Lipinski definition) is 0. The van der Waals surface area contributed by atoms with Crippen LogP contribution in [0.2, 0.25) is 0 Å². The van der Waals surface area contributed by atoms with Crippen molar-refractivity contribution in [1.82, 2.24) is 0 Å². The lowest BCUT2D eigenvalue weighted by Crippen LogP contribution is -2.21. The van der Waals surface area contributed by atoms with Gasteiger partial charge in [-0.25, -0.2) is 4.99 Å². The van der Waals surface area contributed by atoms with Crippen LogP contribution in [0.4, 0.5) is 0 Å². The Morgan fingerprint density at radius 1 is 1.00 bits per heavy atom. The Labute approximate surface area is 146 Å². The molecule has 2 aromatic rings. The van der Waals surface area contributed by atoms with Crippen molar-refractivity contribution in [3.63, 3.8) is 0 Å². The van der Waals surface area contributed by atoms with E-state index in [0.717, 1.165) is 29.0 Å². The molecule has 0 radical (unpaired) electrons. The normalized spacial score (nSPS) is 17.6. The number of methoxy groups -OCH3 is 3. The van der Waals surface area contributed by atoms with Gasteiger partial charge < -0.3 is 18.9 Å². The minimum atomic E-state index is -0.260. The number of benzene rings is 2. The lowest BCUT2D eigenvalue weighted by atomic mass is 9.99. The van der Waals surface area contributed by atoms with Crippen molar-refractivity contribution in [3.8, 4) is 23.0 Å². The van der Waals surface area contributed by atoms with Crippen LogP contribution in [0.15, 0.2) is 53.0 Å². The molecule has 0 aromatic heterocycles. The predicted molar refractivity (Wildman–Crippen MR) is 95.3 cm³/mol. The summed E-state index contributed by atoms with van der Waals surface area (Å²) >= 11 is 0. The molecule has 0 saturated carbocycles. The second-order valence-electron chi connectivity index (χ2n) is 5.90. The summed E-state index contributed by atoms with van der Waals surface area (Å²) in [7, 11) is 4.81. The standard InChI is InChI=1S/C20H19NO4/c1-22-17-10-13(11-18(23-2)19(17)24-3)15-9-14-8-12-6-4-5-7-16(12)25-20(14)21-15/h4-7,9-11,20H,8H2,1-3H3. The summed E-state index contributed by atoms with van der Waals surface area (Å²) < 4.78 is 22.3. The molecular weight excluding hydrogens is 318 g/mol. The van der Waals surface area contributed by atoms with Crippen molar-refractivity contribution in [2.75, 3.05) is 21.3 Å². The Morgan fingerprint density at radius 2 is 1.72 bits per heavy atom. The van der Waals surface area contributed by atoms with Gasteiger partial charge in [-0.2, -0.15) is 0 Å². The van der Waals surface area contributed by atoms with Crippen molar-refractivity contribution < 1.29 is 18.9 Å². The van der Waals surface area contributed by atoms with Gasteiger partial charge in [-0.1, -0.05) is 18.2 Å². The molecule has 5 nitrogen and oxygen atoms in total. The fraction of sp³-hybridized carbons (Fsp3) is 0.250. The number of ether oxygens (including phenoxy) is 4. The lowest BCUT2D eigenvalue weighted by Gasteiger charge is -2.23. The highest BCUT2D eigenvalue weighted by Gasteiger charge is 2.29. The van der Waals surface area contributed by atoms with Gasteiger partial charge in [-0.05, 0) is 35.4 Å². The average molecular weight is 337 g/mol. The number of fused-ring (bicyclic) bond motifs is 2. The van der Waals surface area contributed by atoms with E-state index in [2.05, 4.69) is 12.1 Å². The summed E-state index contributed by atoms with van der Waals surface area (Å²) in [6.45, 7) is 0. The number of aliphatic imine (C=N–C) groups is 1. The SMILES string of the molecule is COc1cc(C2=NC3Oc4ccccc4CC3=C2)cc(OC)c1OC. The van der Waals surface area contributed by atoms with Crippen LogP contribution in [0.1, 0.15) is 11.1 Å². The van der Waals surface area contributed by atoms with Gasteiger partial charge in [-0.15, -0.1) is 0 Å². The first kappa shape index (κ1) is 15.6. The van der Waals surface area contributed by atoms with Gasteiger partial charge in [0, 0.05) is 12.0 Å². The molecular formula is C20H19NO4. The molecule has 0 N–H and O–H groups in total. The van der Waals surface area contributed by atoms with Crippen LogP contribution < -0.4 is 18.9 Å². The third kappa shape index (κ3) is 2.61. The maximum absolute atomic E-state index is 6.02. The van der Waals surface area contributed by atoms with Crippen LogP contribution in [0.3, 0.4) is 0 Å². The highest BCUT2D eigenvalue weighted by molar-refractivity contribution is 6.11. The third-order valence-corrected chi connectivity index (χ3v) is 4.46. The molecule has 1 atom stereocenters. The summed E-state index contributed by atoms with van der Waals surface area (Å²) in [5, 5.41) is 0. The van der Waals surface area contributed by atoms with Crippen molar-refractivity contribution in [3.05, 3.63) is 59.2 Å². The second-order valence-corrected chi connectivity index (χ2v) is 5.90. The van der Waals surface area contributed by atoms with Gasteiger partial charge in [0.2, 0.25) is 12.0 Å². The minimum Gasteiger partial charge on any atom is -0.493 e. The van der Waals surface area contributed by atoms with E-state index in [1.54, 1.807) is 21.3 Å². The van der Waals surface area contributed by atoms with E-state index in [4.69, 9.17) is 23.9 Å². The predicted octanol–water partition coefficient (Wildman–Crippen LogP) is 3.40. The molecule has 0 fully saturated rings. The van der Waals surface area contributed by atoms with Crippen LogP contribution in [0.25, 0.3) is 0 Å². The van der Waals surface area contributed by atoms with Crippen molar-refractivity contribution in [2.45, 2.75) is 12.6 Å². The number of hydrogen-bond acceptors (Lipinski definition) is 5. The molecule has 25 heavy (non-hydrogen) atoms. The maximum atomic E-state index is 6.02.